The van der Waals surface area contributed by atoms with E-state index < -0.39 is 27.6 Å². The van der Waals surface area contributed by atoms with Crippen LogP contribution < -0.4 is 5.69 Å². The van der Waals surface area contributed by atoms with Crippen molar-refractivity contribution in [3.8, 4) is 0 Å². The Balaban J connectivity index is 1.96. The molecule has 1 aromatic carbocycles. The zero-order valence-electron chi connectivity index (χ0n) is 10.9. The van der Waals surface area contributed by atoms with Gasteiger partial charge < -0.3 is 15.1 Å². The van der Waals surface area contributed by atoms with Crippen LogP contribution >= 0.6 is 0 Å². The molecule has 0 bridgehead atoms. The summed E-state index contributed by atoms with van der Waals surface area (Å²) < 4.78 is 26.1. The molecule has 2 heterocycles. The Kier molecular flexibility index (Phi) is 3.10. The van der Waals surface area contributed by atoms with Gasteiger partial charge in [0, 0.05) is 13.1 Å². The maximum Gasteiger partial charge on any atom is 0.323 e. The van der Waals surface area contributed by atoms with Crippen LogP contribution in [0.5, 0.6) is 0 Å². The van der Waals surface area contributed by atoms with Gasteiger partial charge in [-0.1, -0.05) is 0 Å². The summed E-state index contributed by atoms with van der Waals surface area (Å²) in [6.45, 7) is 0.153. The van der Waals surface area contributed by atoms with Gasteiger partial charge in [0.25, 0.3) is 0 Å². The average Bonchev–Trinajstić information content (AvgIpc) is 3.03. The van der Waals surface area contributed by atoms with Crippen LogP contribution in [0, 0.1) is 5.92 Å². The molecule has 1 unspecified atom stereocenters. The fourth-order valence-electron chi connectivity index (χ4n) is 2.47. The minimum absolute atomic E-state index is 0.0284. The monoisotopic (exact) mass is 311 g/mol. The van der Waals surface area contributed by atoms with Crippen molar-refractivity contribution in [1.29, 1.82) is 0 Å². The van der Waals surface area contributed by atoms with Crippen LogP contribution in [0.2, 0.25) is 0 Å². The van der Waals surface area contributed by atoms with E-state index in [-0.39, 0.29) is 18.0 Å². The lowest BCUT2D eigenvalue weighted by atomic mass is 10.1. The predicted molar refractivity (Wildman–Crippen MR) is 73.4 cm³/mol. The molecule has 0 radical (unpaired) electrons. The second-order valence-electron chi connectivity index (χ2n) is 4.97. The molecule has 1 aliphatic rings. The Hall–Kier alpha value is -2.13. The second kappa shape index (κ2) is 4.71. The van der Waals surface area contributed by atoms with E-state index >= 15 is 0 Å². The Morgan fingerprint density at radius 3 is 2.67 bits per heavy atom. The molecule has 1 atom stereocenters. The van der Waals surface area contributed by atoms with Crippen LogP contribution in [0.15, 0.2) is 27.9 Å². The van der Waals surface area contributed by atoms with E-state index in [4.69, 9.17) is 5.11 Å². The summed E-state index contributed by atoms with van der Waals surface area (Å²) in [7, 11) is -3.75. The van der Waals surface area contributed by atoms with Gasteiger partial charge in [-0.05, 0) is 24.6 Å². The number of hydrogen-bond donors (Lipinski definition) is 3. The molecule has 1 aliphatic heterocycles. The quantitative estimate of drug-likeness (QED) is 0.733. The molecule has 112 valence electrons. The van der Waals surface area contributed by atoms with Crippen molar-refractivity contribution in [3.05, 3.63) is 28.7 Å². The Morgan fingerprint density at radius 1 is 1.29 bits per heavy atom. The summed E-state index contributed by atoms with van der Waals surface area (Å²) in [5.74, 6) is -1.66. The van der Waals surface area contributed by atoms with Crippen LogP contribution in [0.4, 0.5) is 0 Å². The fourth-order valence-corrected chi connectivity index (χ4v) is 4.00. The Labute approximate surface area is 119 Å². The lowest BCUT2D eigenvalue weighted by Crippen LogP contribution is -2.30. The van der Waals surface area contributed by atoms with Gasteiger partial charge in [-0.15, -0.1) is 0 Å². The maximum atomic E-state index is 12.5. The van der Waals surface area contributed by atoms with Crippen LogP contribution in [-0.2, 0) is 14.8 Å². The molecule has 8 nitrogen and oxygen atoms in total. The molecular formula is C12H13N3O5S. The highest BCUT2D eigenvalue weighted by molar-refractivity contribution is 7.89. The number of sulfonamides is 1. The number of rotatable bonds is 3. The van der Waals surface area contributed by atoms with E-state index in [2.05, 4.69) is 9.97 Å². The lowest BCUT2D eigenvalue weighted by molar-refractivity contribution is -0.141. The Morgan fingerprint density at radius 2 is 2.00 bits per heavy atom. The summed E-state index contributed by atoms with van der Waals surface area (Å²) in [5.41, 5.74) is 0.505. The van der Waals surface area contributed by atoms with Crippen molar-refractivity contribution in [3.63, 3.8) is 0 Å². The van der Waals surface area contributed by atoms with E-state index in [1.165, 1.54) is 18.2 Å². The standard InChI is InChI=1S/C12H13N3O5S/c16-11(17)7-3-4-15(6-7)21(19,20)8-1-2-9-10(5-8)14-12(18)13-9/h1-2,5,7H,3-4,6H2,(H,16,17)(H2,13,14,18). The first-order chi connectivity index (χ1) is 9.88. The van der Waals surface area contributed by atoms with Crippen LogP contribution in [0.3, 0.4) is 0 Å². The number of carboxylic acids is 1. The summed E-state index contributed by atoms with van der Waals surface area (Å²) >= 11 is 0. The van der Waals surface area contributed by atoms with Crippen molar-refractivity contribution in [2.45, 2.75) is 11.3 Å². The third kappa shape index (κ3) is 2.34. The molecular weight excluding hydrogens is 298 g/mol. The zero-order chi connectivity index (χ0) is 15.2. The first kappa shape index (κ1) is 13.8. The topological polar surface area (TPSA) is 123 Å². The summed E-state index contributed by atoms with van der Waals surface area (Å²) in [6, 6.07) is 4.27. The number of nitrogens with one attached hydrogen (secondary N) is 2. The number of fused-ring (bicyclic) bond motifs is 1. The van der Waals surface area contributed by atoms with Gasteiger partial charge >= 0.3 is 11.7 Å². The molecule has 9 heteroatoms. The van der Waals surface area contributed by atoms with Gasteiger partial charge in [-0.3, -0.25) is 4.79 Å². The highest BCUT2D eigenvalue weighted by Crippen LogP contribution is 2.25. The van der Waals surface area contributed by atoms with Gasteiger partial charge in [-0.2, -0.15) is 4.31 Å². The molecule has 3 rings (SSSR count). The van der Waals surface area contributed by atoms with E-state index in [1.54, 1.807) is 0 Å². The van der Waals surface area contributed by atoms with E-state index in [9.17, 15) is 18.0 Å². The molecule has 0 saturated carbocycles. The van der Waals surface area contributed by atoms with E-state index in [1.807, 2.05) is 0 Å². The molecule has 0 amide bonds. The van der Waals surface area contributed by atoms with Crippen LogP contribution in [0.1, 0.15) is 6.42 Å². The summed E-state index contributed by atoms with van der Waals surface area (Å²) in [6.07, 6.45) is 0.303. The summed E-state index contributed by atoms with van der Waals surface area (Å²) in [4.78, 5) is 27.2. The number of aromatic amines is 2. The number of H-pyrrole nitrogens is 2. The number of carboxylic acid groups (broad SMARTS) is 1. The lowest BCUT2D eigenvalue weighted by Gasteiger charge is -2.15. The number of hydrogen-bond acceptors (Lipinski definition) is 4. The van der Waals surface area contributed by atoms with Crippen molar-refractivity contribution >= 4 is 27.0 Å². The molecule has 1 fully saturated rings. The van der Waals surface area contributed by atoms with Crippen molar-refractivity contribution < 1.29 is 18.3 Å². The number of carbonyl (C=O) groups is 1. The third-order valence-electron chi connectivity index (χ3n) is 3.63. The molecule has 1 aromatic heterocycles. The number of benzene rings is 1. The number of aromatic nitrogens is 2. The smallest absolute Gasteiger partial charge is 0.323 e. The van der Waals surface area contributed by atoms with Crippen LogP contribution in [-0.4, -0.2) is 46.9 Å². The van der Waals surface area contributed by atoms with Gasteiger partial charge in [0.15, 0.2) is 0 Å². The zero-order valence-corrected chi connectivity index (χ0v) is 11.7. The highest BCUT2D eigenvalue weighted by atomic mass is 32.2. The number of imidazole rings is 1. The average molecular weight is 311 g/mol. The Bertz CT molecular complexity index is 866. The summed E-state index contributed by atoms with van der Waals surface area (Å²) in [5, 5.41) is 8.95. The van der Waals surface area contributed by atoms with Gasteiger partial charge in [-0.25, -0.2) is 13.2 Å². The van der Waals surface area contributed by atoms with E-state index in [0.29, 0.717) is 17.5 Å². The number of aliphatic carboxylic acids is 1. The minimum atomic E-state index is -3.75. The highest BCUT2D eigenvalue weighted by Gasteiger charge is 2.35. The normalized spacial score (nSPS) is 20.1. The van der Waals surface area contributed by atoms with Crippen molar-refractivity contribution in [2.24, 2.45) is 5.92 Å². The van der Waals surface area contributed by atoms with Gasteiger partial charge in [0.05, 0.1) is 21.8 Å². The number of nitrogens with zero attached hydrogens (tertiary/aromatic N) is 1. The molecule has 3 N–H and O–H groups in total. The maximum absolute atomic E-state index is 12.5. The molecule has 0 spiro atoms. The van der Waals surface area contributed by atoms with Crippen molar-refractivity contribution in [1.82, 2.24) is 14.3 Å². The van der Waals surface area contributed by atoms with Gasteiger partial charge in [0.1, 0.15) is 0 Å². The largest absolute Gasteiger partial charge is 0.481 e. The first-order valence-corrected chi connectivity index (χ1v) is 7.77. The van der Waals surface area contributed by atoms with Crippen molar-refractivity contribution in [2.75, 3.05) is 13.1 Å². The minimum Gasteiger partial charge on any atom is -0.481 e. The molecule has 0 aliphatic carbocycles. The van der Waals surface area contributed by atoms with Gasteiger partial charge in [0.2, 0.25) is 10.0 Å². The predicted octanol–water partition coefficient (Wildman–Crippen LogP) is -0.0486. The molecule has 21 heavy (non-hydrogen) atoms. The fraction of sp³-hybridized carbons (Fsp3) is 0.333. The molecule has 2 aromatic rings. The molecule has 1 saturated heterocycles. The van der Waals surface area contributed by atoms with Crippen LogP contribution in [0.25, 0.3) is 11.0 Å². The third-order valence-corrected chi connectivity index (χ3v) is 5.49. The first-order valence-electron chi connectivity index (χ1n) is 6.33. The van der Waals surface area contributed by atoms with E-state index in [0.717, 1.165) is 4.31 Å². The SMILES string of the molecule is O=C(O)C1CCN(S(=O)(=O)c2ccc3[nH]c(=O)[nH]c3c2)C1. The second-order valence-corrected chi connectivity index (χ2v) is 6.91.